The molecule has 0 radical (unpaired) electrons. The number of hydrogen-bond donors (Lipinski definition) is 2. The minimum absolute atomic E-state index is 0.168. The van der Waals surface area contributed by atoms with Crippen molar-refractivity contribution < 1.29 is 4.74 Å². The summed E-state index contributed by atoms with van der Waals surface area (Å²) in [5.41, 5.74) is 3.95. The van der Waals surface area contributed by atoms with Crippen LogP contribution in [0.15, 0.2) is 18.2 Å². The van der Waals surface area contributed by atoms with Gasteiger partial charge in [0, 0.05) is 28.6 Å². The Morgan fingerprint density at radius 3 is 2.83 bits per heavy atom. The van der Waals surface area contributed by atoms with Crippen molar-refractivity contribution in [2.45, 2.75) is 31.9 Å². The lowest BCUT2D eigenvalue weighted by Crippen LogP contribution is -2.44. The van der Waals surface area contributed by atoms with Crippen LogP contribution in [0.25, 0.3) is 0 Å². The summed E-state index contributed by atoms with van der Waals surface area (Å²) in [5.74, 6) is 6.09. The van der Waals surface area contributed by atoms with Crippen molar-refractivity contribution in [3.63, 3.8) is 0 Å². The largest absolute Gasteiger partial charge is 0.378 e. The topological polar surface area (TPSA) is 47.3 Å². The highest BCUT2D eigenvalue weighted by atomic mass is 35.5. The summed E-state index contributed by atoms with van der Waals surface area (Å²) >= 11 is 12.1. The molecule has 5 heteroatoms. The molecule has 0 saturated carbocycles. The number of ether oxygens (including phenoxy) is 1. The van der Waals surface area contributed by atoms with Crippen molar-refractivity contribution >= 4 is 23.2 Å². The Labute approximate surface area is 118 Å². The highest BCUT2D eigenvalue weighted by molar-refractivity contribution is 6.35. The predicted molar refractivity (Wildman–Crippen MR) is 74.8 cm³/mol. The van der Waals surface area contributed by atoms with Gasteiger partial charge in [0.05, 0.1) is 6.10 Å². The minimum Gasteiger partial charge on any atom is -0.378 e. The van der Waals surface area contributed by atoms with E-state index in [1.165, 1.54) is 0 Å². The molecule has 0 aliphatic carbocycles. The van der Waals surface area contributed by atoms with Crippen molar-refractivity contribution in [1.29, 1.82) is 0 Å². The summed E-state index contributed by atoms with van der Waals surface area (Å²) in [6, 6.07) is 5.74. The number of hydrazine groups is 1. The molecule has 0 bridgehead atoms. The zero-order valence-electron chi connectivity index (χ0n) is 10.3. The van der Waals surface area contributed by atoms with E-state index in [0.29, 0.717) is 16.0 Å². The zero-order valence-corrected chi connectivity index (χ0v) is 11.8. The fourth-order valence-electron chi connectivity index (χ4n) is 2.53. The van der Waals surface area contributed by atoms with Crippen LogP contribution < -0.4 is 11.3 Å². The van der Waals surface area contributed by atoms with Gasteiger partial charge in [-0.3, -0.25) is 11.3 Å². The van der Waals surface area contributed by atoms with Crippen molar-refractivity contribution in [3.05, 3.63) is 33.8 Å². The lowest BCUT2D eigenvalue weighted by atomic mass is 9.89. The highest BCUT2D eigenvalue weighted by Crippen LogP contribution is 2.28. The van der Waals surface area contributed by atoms with Crippen LogP contribution in [0.2, 0.25) is 10.0 Å². The summed E-state index contributed by atoms with van der Waals surface area (Å²) in [5, 5.41) is 1.34. The Balaban J connectivity index is 2.10. The van der Waals surface area contributed by atoms with E-state index in [1.807, 2.05) is 12.1 Å². The van der Waals surface area contributed by atoms with Crippen molar-refractivity contribution in [1.82, 2.24) is 5.43 Å². The van der Waals surface area contributed by atoms with E-state index in [9.17, 15) is 0 Å². The maximum atomic E-state index is 6.19. The van der Waals surface area contributed by atoms with Crippen LogP contribution in [0.5, 0.6) is 0 Å². The van der Waals surface area contributed by atoms with E-state index in [4.69, 9.17) is 33.8 Å². The van der Waals surface area contributed by atoms with Crippen LogP contribution in [0.1, 0.15) is 18.9 Å². The van der Waals surface area contributed by atoms with E-state index in [1.54, 1.807) is 6.07 Å². The third-order valence-electron chi connectivity index (χ3n) is 3.62. The molecule has 2 rings (SSSR count). The molecule has 18 heavy (non-hydrogen) atoms. The van der Waals surface area contributed by atoms with Gasteiger partial charge in [-0.1, -0.05) is 29.3 Å². The highest BCUT2D eigenvalue weighted by Gasteiger charge is 2.31. The van der Waals surface area contributed by atoms with Crippen LogP contribution in [0.4, 0.5) is 0 Å². The molecule has 1 fully saturated rings. The Morgan fingerprint density at radius 2 is 2.28 bits per heavy atom. The van der Waals surface area contributed by atoms with Crippen LogP contribution in [-0.2, 0) is 11.2 Å². The number of halogens is 2. The first kappa shape index (κ1) is 14.1. The maximum absolute atomic E-state index is 6.19. The van der Waals surface area contributed by atoms with Crippen LogP contribution >= 0.6 is 23.2 Å². The third kappa shape index (κ3) is 3.16. The van der Waals surface area contributed by atoms with Gasteiger partial charge in [-0.15, -0.1) is 0 Å². The van der Waals surface area contributed by atoms with Crippen LogP contribution in [0.3, 0.4) is 0 Å². The normalized spacial score (nSPS) is 25.3. The third-order valence-corrected chi connectivity index (χ3v) is 4.21. The smallest absolute Gasteiger partial charge is 0.0591 e. The van der Waals surface area contributed by atoms with Gasteiger partial charge >= 0.3 is 0 Å². The number of benzene rings is 1. The molecule has 3 atom stereocenters. The van der Waals surface area contributed by atoms with Gasteiger partial charge in [0.1, 0.15) is 0 Å². The fourth-order valence-corrected chi connectivity index (χ4v) is 3.02. The second kappa shape index (κ2) is 6.22. The fraction of sp³-hybridized carbons (Fsp3) is 0.538. The number of nitrogens with one attached hydrogen (secondary N) is 1. The van der Waals surface area contributed by atoms with Gasteiger partial charge < -0.3 is 4.74 Å². The summed E-state index contributed by atoms with van der Waals surface area (Å²) in [7, 11) is 0. The molecule has 1 aliphatic heterocycles. The molecular formula is C13H18Cl2N2O. The maximum Gasteiger partial charge on any atom is 0.0591 e. The molecular weight excluding hydrogens is 271 g/mol. The van der Waals surface area contributed by atoms with E-state index < -0.39 is 0 Å². The first-order valence-corrected chi connectivity index (χ1v) is 6.89. The van der Waals surface area contributed by atoms with Crippen molar-refractivity contribution in [3.8, 4) is 0 Å². The summed E-state index contributed by atoms with van der Waals surface area (Å²) in [6.45, 7) is 2.89. The molecule has 3 N–H and O–H groups in total. The molecule has 1 saturated heterocycles. The average Bonchev–Trinajstić information content (AvgIpc) is 2.75. The molecule has 100 valence electrons. The summed E-state index contributed by atoms with van der Waals surface area (Å²) in [6.07, 6.45) is 2.05. The molecule has 1 aromatic rings. The quantitative estimate of drug-likeness (QED) is 0.662. The van der Waals surface area contributed by atoms with Crippen LogP contribution in [-0.4, -0.2) is 18.8 Å². The first-order valence-electron chi connectivity index (χ1n) is 6.13. The molecule has 0 aromatic heterocycles. The zero-order chi connectivity index (χ0) is 13.1. The predicted octanol–water partition coefficient (Wildman–Crippen LogP) is 2.79. The Morgan fingerprint density at radius 1 is 1.50 bits per heavy atom. The summed E-state index contributed by atoms with van der Waals surface area (Å²) in [4.78, 5) is 0. The van der Waals surface area contributed by atoms with E-state index in [2.05, 4.69) is 12.3 Å². The molecule has 0 amide bonds. The van der Waals surface area contributed by atoms with Crippen LogP contribution in [0, 0.1) is 5.92 Å². The molecule has 0 spiro atoms. The van der Waals surface area contributed by atoms with E-state index in [0.717, 1.165) is 25.0 Å². The average molecular weight is 289 g/mol. The number of nitrogens with two attached hydrogens (primary N) is 1. The van der Waals surface area contributed by atoms with Crippen molar-refractivity contribution in [2.24, 2.45) is 11.8 Å². The Kier molecular flexibility index (Phi) is 4.87. The monoisotopic (exact) mass is 288 g/mol. The van der Waals surface area contributed by atoms with Gasteiger partial charge in [0.25, 0.3) is 0 Å². The SMILES string of the molecule is CC1OCCC1C(Cc1ccc(Cl)cc1Cl)NN. The molecule has 3 nitrogen and oxygen atoms in total. The number of rotatable bonds is 4. The summed E-state index contributed by atoms with van der Waals surface area (Å²) < 4.78 is 5.59. The lowest BCUT2D eigenvalue weighted by molar-refractivity contribution is 0.0954. The van der Waals surface area contributed by atoms with Gasteiger partial charge in [0.15, 0.2) is 0 Å². The molecule has 3 unspecified atom stereocenters. The van der Waals surface area contributed by atoms with E-state index in [-0.39, 0.29) is 12.1 Å². The van der Waals surface area contributed by atoms with Crippen molar-refractivity contribution in [2.75, 3.05) is 6.61 Å². The molecule has 1 aliphatic rings. The number of hydrogen-bond acceptors (Lipinski definition) is 3. The molecule has 1 heterocycles. The minimum atomic E-state index is 0.168. The van der Waals surface area contributed by atoms with Gasteiger partial charge in [0.2, 0.25) is 0 Å². The van der Waals surface area contributed by atoms with Gasteiger partial charge in [-0.05, 0) is 37.5 Å². The Bertz CT molecular complexity index is 414. The lowest BCUT2D eigenvalue weighted by Gasteiger charge is -2.25. The second-order valence-electron chi connectivity index (χ2n) is 4.74. The Hall–Kier alpha value is -0.320. The first-order chi connectivity index (χ1) is 8.61. The molecule has 1 aromatic carbocycles. The second-order valence-corrected chi connectivity index (χ2v) is 5.59. The van der Waals surface area contributed by atoms with Gasteiger partial charge in [-0.2, -0.15) is 0 Å². The standard InChI is InChI=1S/C13H18Cl2N2O/c1-8-11(4-5-18-8)13(17-16)6-9-2-3-10(14)7-12(9)15/h2-3,7-8,11,13,17H,4-6,16H2,1H3. The van der Waals surface area contributed by atoms with E-state index >= 15 is 0 Å². The van der Waals surface area contributed by atoms with Gasteiger partial charge in [-0.25, -0.2) is 0 Å².